The van der Waals surface area contributed by atoms with E-state index in [1.807, 2.05) is 75.4 Å². The van der Waals surface area contributed by atoms with Crippen LogP contribution in [0.25, 0.3) is 11.3 Å². The van der Waals surface area contributed by atoms with Gasteiger partial charge in [0.25, 0.3) is 0 Å². The number of amides is 1. The molecule has 0 spiro atoms. The van der Waals surface area contributed by atoms with Gasteiger partial charge in [0.15, 0.2) is 0 Å². The molecule has 1 amide bonds. The second-order valence-electron chi connectivity index (χ2n) is 9.30. The molecular formula is C27H30N2O6. The molecule has 1 saturated heterocycles. The van der Waals surface area contributed by atoms with Gasteiger partial charge < -0.3 is 23.5 Å². The van der Waals surface area contributed by atoms with Gasteiger partial charge in [-0.25, -0.2) is 14.6 Å². The molecule has 1 aliphatic rings. The fourth-order valence-electron chi connectivity index (χ4n) is 3.80. The molecule has 0 bridgehead atoms. The topological polar surface area (TPSA) is 91.1 Å². The minimum absolute atomic E-state index is 0.0503. The van der Waals surface area contributed by atoms with Gasteiger partial charge in [-0.1, -0.05) is 18.2 Å². The number of ether oxygens (including phenoxy) is 3. The highest BCUT2D eigenvalue weighted by Crippen LogP contribution is 2.34. The van der Waals surface area contributed by atoms with E-state index in [1.54, 1.807) is 11.8 Å². The lowest BCUT2D eigenvalue weighted by molar-refractivity contribution is 0.0290. The van der Waals surface area contributed by atoms with Crippen molar-refractivity contribution < 1.29 is 28.2 Å². The molecule has 0 N–H and O–H groups in total. The van der Waals surface area contributed by atoms with Crippen molar-refractivity contribution in [1.82, 2.24) is 9.88 Å². The maximum absolute atomic E-state index is 12.6. The van der Waals surface area contributed by atoms with Gasteiger partial charge in [0.1, 0.15) is 22.8 Å². The lowest BCUT2D eigenvalue weighted by Crippen LogP contribution is -2.35. The summed E-state index contributed by atoms with van der Waals surface area (Å²) in [6, 6.07) is 16.7. The van der Waals surface area contributed by atoms with Crippen molar-refractivity contribution in [3.05, 3.63) is 66.2 Å². The molecule has 0 saturated carbocycles. The van der Waals surface area contributed by atoms with Crippen molar-refractivity contribution in [3.8, 4) is 22.8 Å². The van der Waals surface area contributed by atoms with E-state index in [9.17, 15) is 9.59 Å². The van der Waals surface area contributed by atoms with Gasteiger partial charge in [0.05, 0.1) is 12.5 Å². The number of carbonyl (C=O) groups is 2. The Kier molecular flexibility index (Phi) is 7.10. The van der Waals surface area contributed by atoms with Crippen molar-refractivity contribution in [1.29, 1.82) is 0 Å². The van der Waals surface area contributed by atoms with E-state index < -0.39 is 11.6 Å². The number of oxazole rings is 1. The van der Waals surface area contributed by atoms with Gasteiger partial charge in [0, 0.05) is 18.7 Å². The van der Waals surface area contributed by atoms with E-state index in [2.05, 4.69) is 4.98 Å². The van der Waals surface area contributed by atoms with Crippen molar-refractivity contribution in [3.63, 3.8) is 0 Å². The van der Waals surface area contributed by atoms with Gasteiger partial charge in [0.2, 0.25) is 11.7 Å². The fraction of sp³-hybridized carbons (Fsp3) is 0.370. The van der Waals surface area contributed by atoms with E-state index in [4.69, 9.17) is 18.6 Å². The van der Waals surface area contributed by atoms with Crippen LogP contribution in [0.2, 0.25) is 0 Å². The number of para-hydroxylation sites is 1. The highest BCUT2D eigenvalue weighted by molar-refractivity contribution is 5.93. The first-order valence-corrected chi connectivity index (χ1v) is 11.7. The lowest BCUT2D eigenvalue weighted by Gasteiger charge is -2.24. The van der Waals surface area contributed by atoms with E-state index in [-0.39, 0.29) is 24.4 Å². The summed E-state index contributed by atoms with van der Waals surface area (Å²) in [4.78, 5) is 31.4. The number of aromatic nitrogens is 1. The molecule has 2 aromatic carbocycles. The molecule has 3 aromatic rings. The van der Waals surface area contributed by atoms with E-state index >= 15 is 0 Å². The first-order chi connectivity index (χ1) is 16.7. The summed E-state index contributed by atoms with van der Waals surface area (Å²) in [5.74, 6) is 1.11. The number of likely N-dealkylation sites (tertiary alicyclic amines) is 1. The molecule has 0 aliphatic carbocycles. The Balaban J connectivity index is 1.55. The summed E-state index contributed by atoms with van der Waals surface area (Å²) < 4.78 is 22.5. The Morgan fingerprint density at radius 2 is 1.74 bits per heavy atom. The van der Waals surface area contributed by atoms with Gasteiger partial charge in [-0.2, -0.15) is 0 Å². The Morgan fingerprint density at radius 1 is 1.06 bits per heavy atom. The molecule has 4 rings (SSSR count). The van der Waals surface area contributed by atoms with Crippen LogP contribution in [0.4, 0.5) is 4.79 Å². The zero-order chi connectivity index (χ0) is 25.0. The molecule has 1 aromatic heterocycles. The maximum Gasteiger partial charge on any atom is 0.410 e. The maximum atomic E-state index is 12.6. The van der Waals surface area contributed by atoms with Gasteiger partial charge in [-0.3, -0.25) is 0 Å². The Hall–Kier alpha value is -3.81. The van der Waals surface area contributed by atoms with Crippen LogP contribution in [0.3, 0.4) is 0 Å². The third kappa shape index (κ3) is 6.01. The predicted octanol–water partition coefficient (Wildman–Crippen LogP) is 6.04. The second-order valence-corrected chi connectivity index (χ2v) is 9.30. The summed E-state index contributed by atoms with van der Waals surface area (Å²) in [5, 5.41) is 0. The number of hydrogen-bond acceptors (Lipinski definition) is 7. The number of rotatable bonds is 6. The summed E-state index contributed by atoms with van der Waals surface area (Å²) in [6.45, 7) is 8.38. The van der Waals surface area contributed by atoms with Crippen LogP contribution in [-0.2, 0) is 9.47 Å². The van der Waals surface area contributed by atoms with Gasteiger partial charge in [-0.05, 0) is 70.5 Å². The van der Waals surface area contributed by atoms with Crippen molar-refractivity contribution >= 4 is 12.1 Å². The highest BCUT2D eigenvalue weighted by atomic mass is 16.6. The molecule has 1 atom stereocenters. The van der Waals surface area contributed by atoms with Crippen LogP contribution in [-0.4, -0.2) is 47.2 Å². The van der Waals surface area contributed by atoms with E-state index in [0.717, 1.165) is 5.75 Å². The Bertz CT molecular complexity index is 1160. The van der Waals surface area contributed by atoms with Crippen molar-refractivity contribution in [2.45, 2.75) is 45.6 Å². The van der Waals surface area contributed by atoms with Crippen molar-refractivity contribution in [2.24, 2.45) is 0 Å². The average Bonchev–Trinajstić information content (AvgIpc) is 3.47. The zero-order valence-corrected chi connectivity index (χ0v) is 20.4. The lowest BCUT2D eigenvalue weighted by atomic mass is 10.1. The highest BCUT2D eigenvalue weighted by Gasteiger charge is 2.35. The van der Waals surface area contributed by atoms with Crippen LogP contribution < -0.4 is 4.74 Å². The smallest absolute Gasteiger partial charge is 0.410 e. The third-order valence-electron chi connectivity index (χ3n) is 5.40. The first-order valence-electron chi connectivity index (χ1n) is 11.7. The SMILES string of the molecule is CCOC(=O)c1oc(C2CCN(C(=O)OC(C)(C)C)C2)nc1-c1ccc(Oc2ccccc2)cc1. The summed E-state index contributed by atoms with van der Waals surface area (Å²) in [7, 11) is 0. The number of hydrogen-bond donors (Lipinski definition) is 0. The molecule has 1 aliphatic heterocycles. The molecule has 0 radical (unpaired) electrons. The van der Waals surface area contributed by atoms with E-state index in [1.165, 1.54) is 0 Å². The quantitative estimate of drug-likeness (QED) is 0.399. The second kappa shape index (κ2) is 10.2. The third-order valence-corrected chi connectivity index (χ3v) is 5.40. The number of nitrogens with zero attached hydrogens (tertiary/aromatic N) is 2. The molecule has 35 heavy (non-hydrogen) atoms. The largest absolute Gasteiger partial charge is 0.460 e. The molecule has 1 fully saturated rings. The van der Waals surface area contributed by atoms with Crippen LogP contribution in [0.15, 0.2) is 59.0 Å². The molecule has 8 nitrogen and oxygen atoms in total. The predicted molar refractivity (Wildman–Crippen MR) is 130 cm³/mol. The summed E-state index contributed by atoms with van der Waals surface area (Å²) in [6.07, 6.45) is 0.289. The van der Waals surface area contributed by atoms with Crippen LogP contribution >= 0.6 is 0 Å². The minimum atomic E-state index is -0.576. The monoisotopic (exact) mass is 478 g/mol. The van der Waals surface area contributed by atoms with Gasteiger partial charge >= 0.3 is 12.1 Å². The fourth-order valence-corrected chi connectivity index (χ4v) is 3.80. The number of carbonyl (C=O) groups excluding carboxylic acids is 2. The normalized spacial score (nSPS) is 15.7. The van der Waals surface area contributed by atoms with Crippen LogP contribution in [0, 0.1) is 0 Å². The zero-order valence-electron chi connectivity index (χ0n) is 20.4. The number of esters is 1. The average molecular weight is 479 g/mol. The van der Waals surface area contributed by atoms with Crippen LogP contribution in [0.5, 0.6) is 11.5 Å². The Morgan fingerprint density at radius 3 is 2.40 bits per heavy atom. The minimum Gasteiger partial charge on any atom is -0.460 e. The number of benzene rings is 2. The summed E-state index contributed by atoms with van der Waals surface area (Å²) in [5.41, 5.74) is 0.532. The van der Waals surface area contributed by atoms with Crippen molar-refractivity contribution in [2.75, 3.05) is 19.7 Å². The Labute approximate surface area is 204 Å². The molecule has 8 heteroatoms. The first kappa shape index (κ1) is 24.3. The molecular weight excluding hydrogens is 448 g/mol. The molecule has 184 valence electrons. The van der Waals surface area contributed by atoms with Gasteiger partial charge in [-0.15, -0.1) is 0 Å². The summed E-state index contributed by atoms with van der Waals surface area (Å²) >= 11 is 0. The molecule has 1 unspecified atom stereocenters. The standard InChI is InChI=1S/C27H30N2O6/c1-5-32-25(30)23-22(18-11-13-21(14-12-18)33-20-9-7-6-8-10-20)28-24(34-23)19-15-16-29(17-19)26(31)35-27(2,3)4/h6-14,19H,5,15-17H2,1-4H3. The molecule has 2 heterocycles. The van der Waals surface area contributed by atoms with Crippen LogP contribution in [0.1, 0.15) is 56.5 Å². The van der Waals surface area contributed by atoms with E-state index in [0.29, 0.717) is 42.4 Å².